The van der Waals surface area contributed by atoms with Crippen LogP contribution < -0.4 is 110 Å². The van der Waals surface area contributed by atoms with Crippen LogP contribution in [0.4, 0.5) is 51.2 Å². The summed E-state index contributed by atoms with van der Waals surface area (Å²) >= 11 is 0. The number of rotatable bonds is 11. The van der Waals surface area contributed by atoms with Gasteiger partial charge in [0.2, 0.25) is 0 Å². The standard InChI is InChI=1S/C38H27N9O12S3.3Na/c39-35-34-20(17-33(62(57,58)59)37(38(34)50)47-41-21-4-2-1-3-5-21)16-32(61(54,55)56)36(35)46-42-23-8-6-22(7-9-23)40-43-28-14-15-29(44-45-30-13-10-24(48)18-31(30)49)27-19-25(60(51,52)53)11-12-26(27)28;;;/h1-19,48-50H,39H2,(H,51,52,53)(H,54,55,56)(H,57,58,59);;;/q;3*+1/p-3. The molecule has 7 rings (SSSR count). The molecule has 0 aliphatic heterocycles. The molecule has 0 saturated heterocycles. The Labute approximate surface area is 435 Å². The minimum Gasteiger partial charge on any atom is -0.872 e. The van der Waals surface area contributed by atoms with Crippen molar-refractivity contribution >= 4 is 103 Å². The Balaban J connectivity index is 0.00000308. The number of hydrogen-bond acceptors (Lipinski definition) is 18. The Morgan fingerprint density at radius 3 is 1.49 bits per heavy atom. The summed E-state index contributed by atoms with van der Waals surface area (Å²) in [6.07, 6.45) is 0. The third-order valence-corrected chi connectivity index (χ3v) is 11.3. The van der Waals surface area contributed by atoms with Gasteiger partial charge in [0.05, 0.1) is 50.4 Å². The number of nitrogen functional groups attached to an aromatic ring is 1. The molecule has 0 bridgehead atoms. The fourth-order valence-corrected chi connectivity index (χ4v) is 7.64. The van der Waals surface area contributed by atoms with Gasteiger partial charge in [-0.3, -0.25) is 13.7 Å². The molecule has 0 fully saturated rings. The Morgan fingerprint density at radius 1 is 0.462 bits per heavy atom. The van der Waals surface area contributed by atoms with E-state index in [1.165, 1.54) is 60.7 Å². The van der Waals surface area contributed by atoms with Crippen LogP contribution >= 0.6 is 0 Å². The first-order valence-electron chi connectivity index (χ1n) is 17.2. The van der Waals surface area contributed by atoms with Crippen LogP contribution in [0.5, 0.6) is 17.2 Å². The third kappa shape index (κ3) is 12.2. The van der Waals surface area contributed by atoms with E-state index < -0.39 is 90.1 Å². The van der Waals surface area contributed by atoms with E-state index in [9.17, 15) is 54.2 Å². The zero-order chi connectivity index (χ0) is 44.6. The SMILES string of the molecule is Nc1c(N=Nc2ccc(N=Nc3ccc(N=Nc4ccc([O-])cc4[O-])c4cc(S(=O)(=O)O)ccc34)cc2)c(S(=O)(=O)O)cc2cc(S(=O)(=O)O)c(N=Nc3ccccc3)c([O-])c12.[Na+].[Na+].[Na+]. The Morgan fingerprint density at radius 2 is 0.938 bits per heavy atom. The van der Waals surface area contributed by atoms with Crippen LogP contribution in [0.2, 0.25) is 0 Å². The van der Waals surface area contributed by atoms with Gasteiger partial charge in [0.1, 0.15) is 15.5 Å². The molecule has 0 radical (unpaired) electrons. The Hall–Kier alpha value is -4.61. The monoisotopic (exact) mass is 963 g/mol. The van der Waals surface area contributed by atoms with Crippen molar-refractivity contribution in [3.63, 3.8) is 0 Å². The van der Waals surface area contributed by atoms with E-state index in [4.69, 9.17) is 5.73 Å². The summed E-state index contributed by atoms with van der Waals surface area (Å²) in [6, 6.07) is 24.6. The van der Waals surface area contributed by atoms with Crippen molar-refractivity contribution in [1.82, 2.24) is 0 Å². The van der Waals surface area contributed by atoms with Gasteiger partial charge in [-0.1, -0.05) is 47.9 Å². The van der Waals surface area contributed by atoms with Crippen LogP contribution in [0.25, 0.3) is 21.5 Å². The molecule has 0 spiro atoms. The van der Waals surface area contributed by atoms with Gasteiger partial charge in [0.15, 0.2) is 0 Å². The average molecular weight is 964 g/mol. The van der Waals surface area contributed by atoms with Gasteiger partial charge >= 0.3 is 88.7 Å². The van der Waals surface area contributed by atoms with Crippen molar-refractivity contribution in [2.75, 3.05) is 5.73 Å². The number of hydrogen-bond donors (Lipinski definition) is 4. The van der Waals surface area contributed by atoms with E-state index in [0.29, 0.717) is 5.39 Å². The maximum Gasteiger partial charge on any atom is 1.00 e. The number of nitrogens with zero attached hydrogens (tertiary/aromatic N) is 8. The number of nitrogens with two attached hydrogens (primary N) is 1. The first kappa shape index (κ1) is 53.0. The summed E-state index contributed by atoms with van der Waals surface area (Å²) in [5.41, 5.74) is 4.76. The third-order valence-electron chi connectivity index (χ3n) is 8.70. The van der Waals surface area contributed by atoms with Crippen molar-refractivity contribution < 1.29 is 143 Å². The first-order valence-corrected chi connectivity index (χ1v) is 21.5. The zero-order valence-corrected chi connectivity index (χ0v) is 42.3. The second-order valence-corrected chi connectivity index (χ2v) is 17.0. The molecule has 0 unspecified atom stereocenters. The van der Waals surface area contributed by atoms with E-state index in [0.717, 1.165) is 36.4 Å². The van der Waals surface area contributed by atoms with Gasteiger partial charge in [-0.15, -0.1) is 26.2 Å². The summed E-state index contributed by atoms with van der Waals surface area (Å²) in [6.45, 7) is 0. The van der Waals surface area contributed by atoms with Crippen molar-refractivity contribution in [2.45, 2.75) is 14.7 Å². The molecule has 0 amide bonds. The minimum atomic E-state index is -5.15. The minimum absolute atomic E-state index is 0. The van der Waals surface area contributed by atoms with Crippen molar-refractivity contribution in [2.24, 2.45) is 40.9 Å². The van der Waals surface area contributed by atoms with Gasteiger partial charge in [-0.2, -0.15) is 45.7 Å². The molecule has 5 N–H and O–H groups in total. The normalized spacial score (nSPS) is 12.2. The van der Waals surface area contributed by atoms with E-state index in [-0.39, 0.29) is 128 Å². The zero-order valence-electron chi connectivity index (χ0n) is 33.9. The maximum absolute atomic E-state index is 13.7. The number of azo groups is 4. The second kappa shape index (κ2) is 21.3. The molecule has 0 aliphatic rings. The van der Waals surface area contributed by atoms with Gasteiger partial charge < -0.3 is 21.1 Å². The van der Waals surface area contributed by atoms with Crippen LogP contribution in [-0.2, 0) is 30.4 Å². The summed E-state index contributed by atoms with van der Waals surface area (Å²) in [5.74, 6) is -2.37. The Kier molecular flexibility index (Phi) is 17.4. The molecule has 21 nitrogen and oxygen atoms in total. The molecule has 7 aromatic carbocycles. The summed E-state index contributed by atoms with van der Waals surface area (Å²) < 4.78 is 103. The molecular formula is C38H24N9Na3O12S3. The molecule has 0 aliphatic carbocycles. The smallest absolute Gasteiger partial charge is 0.872 e. The van der Waals surface area contributed by atoms with Crippen LogP contribution in [-0.4, -0.2) is 38.9 Å². The molecule has 314 valence electrons. The van der Waals surface area contributed by atoms with Crippen LogP contribution in [0.1, 0.15) is 0 Å². The van der Waals surface area contributed by atoms with Crippen molar-refractivity contribution in [3.8, 4) is 17.2 Å². The molecule has 7 aromatic rings. The molecule has 0 atom stereocenters. The van der Waals surface area contributed by atoms with E-state index in [1.54, 1.807) is 18.2 Å². The van der Waals surface area contributed by atoms with E-state index in [2.05, 4.69) is 40.9 Å². The van der Waals surface area contributed by atoms with Gasteiger partial charge in [0, 0.05) is 16.2 Å². The fraction of sp³-hybridized carbons (Fsp3) is 0. The van der Waals surface area contributed by atoms with Crippen LogP contribution in [0, 0.1) is 0 Å². The summed E-state index contributed by atoms with van der Waals surface area (Å²) in [4.78, 5) is -2.43. The average Bonchev–Trinajstić information content (AvgIpc) is 3.21. The number of benzene rings is 7. The Bertz CT molecular complexity index is 3440. The largest absolute Gasteiger partial charge is 1.00 e. The van der Waals surface area contributed by atoms with Gasteiger partial charge in [-0.05, 0) is 84.2 Å². The van der Waals surface area contributed by atoms with Crippen LogP contribution in [0.15, 0.2) is 171 Å². The van der Waals surface area contributed by atoms with E-state index >= 15 is 0 Å². The van der Waals surface area contributed by atoms with Crippen molar-refractivity contribution in [1.29, 1.82) is 0 Å². The van der Waals surface area contributed by atoms with E-state index in [1.807, 2.05) is 0 Å². The molecule has 0 aromatic heterocycles. The topological polar surface area (TPSA) is 357 Å². The maximum atomic E-state index is 13.7. The van der Waals surface area contributed by atoms with Crippen LogP contribution in [0.3, 0.4) is 0 Å². The van der Waals surface area contributed by atoms with Gasteiger partial charge in [-0.25, -0.2) is 0 Å². The van der Waals surface area contributed by atoms with Gasteiger partial charge in [0.25, 0.3) is 30.4 Å². The first-order chi connectivity index (χ1) is 29.3. The molecule has 0 saturated carbocycles. The fourth-order valence-electron chi connectivity index (χ4n) is 5.81. The second-order valence-electron chi connectivity index (χ2n) is 12.8. The number of fused-ring (bicyclic) bond motifs is 2. The predicted octanol–water partition coefficient (Wildman–Crippen LogP) is -0.790. The molecule has 27 heteroatoms. The molecule has 0 heterocycles. The van der Waals surface area contributed by atoms with Crippen molar-refractivity contribution in [3.05, 3.63) is 115 Å². The summed E-state index contributed by atoms with van der Waals surface area (Å²) in [5, 5.41) is 68.7. The number of anilines is 1. The predicted molar refractivity (Wildman–Crippen MR) is 216 cm³/mol. The molecule has 65 heavy (non-hydrogen) atoms. The quantitative estimate of drug-likeness (QED) is 0.0535. The summed E-state index contributed by atoms with van der Waals surface area (Å²) in [7, 11) is -14.9. The molecular weight excluding hydrogens is 940 g/mol.